The minimum absolute atomic E-state index is 0.338. The molecular weight excluding hydrogens is 366 g/mol. The SMILES string of the molecule is Cc1cc(Nc2ncn(-c3ccc(F)c(F)c3)n2)cc(OCC2CCOC2)c1. The summed E-state index contributed by atoms with van der Waals surface area (Å²) in [5.41, 5.74) is 2.19. The summed E-state index contributed by atoms with van der Waals surface area (Å²) in [6.07, 6.45) is 2.45. The molecule has 2 heterocycles. The van der Waals surface area contributed by atoms with Gasteiger partial charge in [0.2, 0.25) is 5.95 Å². The van der Waals surface area contributed by atoms with Gasteiger partial charge in [0.1, 0.15) is 12.1 Å². The van der Waals surface area contributed by atoms with Crippen molar-refractivity contribution in [3.63, 3.8) is 0 Å². The van der Waals surface area contributed by atoms with Crippen molar-refractivity contribution in [2.75, 3.05) is 25.1 Å². The first-order valence-electron chi connectivity index (χ1n) is 9.03. The molecule has 3 aromatic rings. The largest absolute Gasteiger partial charge is 0.493 e. The quantitative estimate of drug-likeness (QED) is 0.694. The first-order valence-corrected chi connectivity index (χ1v) is 9.03. The van der Waals surface area contributed by atoms with Crippen LogP contribution >= 0.6 is 0 Å². The van der Waals surface area contributed by atoms with E-state index in [0.717, 1.165) is 48.8 Å². The third kappa shape index (κ3) is 4.28. The minimum atomic E-state index is -0.935. The summed E-state index contributed by atoms with van der Waals surface area (Å²) in [6, 6.07) is 9.35. The fourth-order valence-electron chi connectivity index (χ4n) is 3.03. The number of anilines is 2. The molecular formula is C20H20F2N4O2. The molecule has 0 radical (unpaired) electrons. The second kappa shape index (κ2) is 7.93. The summed E-state index contributed by atoms with van der Waals surface area (Å²) >= 11 is 0. The summed E-state index contributed by atoms with van der Waals surface area (Å²) in [5.74, 6) is -0.320. The van der Waals surface area contributed by atoms with Crippen LogP contribution in [-0.2, 0) is 4.74 Å². The molecule has 2 aromatic carbocycles. The van der Waals surface area contributed by atoms with Crippen LogP contribution in [0.4, 0.5) is 20.4 Å². The van der Waals surface area contributed by atoms with Gasteiger partial charge in [0.15, 0.2) is 11.6 Å². The Morgan fingerprint density at radius 2 is 2.11 bits per heavy atom. The molecule has 0 spiro atoms. The van der Waals surface area contributed by atoms with Crippen molar-refractivity contribution in [1.82, 2.24) is 14.8 Å². The molecule has 1 N–H and O–H groups in total. The monoisotopic (exact) mass is 386 g/mol. The van der Waals surface area contributed by atoms with Crippen molar-refractivity contribution < 1.29 is 18.3 Å². The molecule has 1 fully saturated rings. The smallest absolute Gasteiger partial charge is 0.246 e. The molecule has 1 aliphatic rings. The van der Waals surface area contributed by atoms with Crippen molar-refractivity contribution in [3.8, 4) is 11.4 Å². The molecule has 8 heteroatoms. The van der Waals surface area contributed by atoms with Gasteiger partial charge >= 0.3 is 0 Å². The number of nitrogens with one attached hydrogen (secondary N) is 1. The van der Waals surface area contributed by atoms with Crippen LogP contribution < -0.4 is 10.1 Å². The lowest BCUT2D eigenvalue weighted by molar-refractivity contribution is 0.167. The molecule has 28 heavy (non-hydrogen) atoms. The molecule has 146 valence electrons. The van der Waals surface area contributed by atoms with Crippen molar-refractivity contribution in [2.45, 2.75) is 13.3 Å². The van der Waals surface area contributed by atoms with E-state index in [1.807, 2.05) is 25.1 Å². The number of halogens is 2. The van der Waals surface area contributed by atoms with Crippen LogP contribution in [0.1, 0.15) is 12.0 Å². The molecule has 4 rings (SSSR count). The van der Waals surface area contributed by atoms with Crippen molar-refractivity contribution in [3.05, 3.63) is 59.9 Å². The summed E-state index contributed by atoms with van der Waals surface area (Å²) in [7, 11) is 0. The predicted octanol–water partition coefficient (Wildman–Crippen LogP) is 4.01. The van der Waals surface area contributed by atoms with Crippen LogP contribution in [0.3, 0.4) is 0 Å². The molecule has 1 saturated heterocycles. The van der Waals surface area contributed by atoms with E-state index in [-0.39, 0.29) is 0 Å². The normalized spacial score (nSPS) is 16.3. The Kier molecular flexibility index (Phi) is 5.21. The lowest BCUT2D eigenvalue weighted by atomic mass is 10.1. The van der Waals surface area contributed by atoms with Crippen LogP contribution in [0, 0.1) is 24.5 Å². The van der Waals surface area contributed by atoms with E-state index in [0.29, 0.717) is 24.2 Å². The van der Waals surface area contributed by atoms with Gasteiger partial charge in [-0.05, 0) is 43.2 Å². The molecule has 1 aromatic heterocycles. The van der Waals surface area contributed by atoms with Gasteiger partial charge in [0.05, 0.1) is 18.9 Å². The highest BCUT2D eigenvalue weighted by molar-refractivity contribution is 5.57. The summed E-state index contributed by atoms with van der Waals surface area (Å²) in [6.45, 7) is 4.12. The zero-order chi connectivity index (χ0) is 19.5. The summed E-state index contributed by atoms with van der Waals surface area (Å²) in [5, 5.41) is 7.38. The molecule has 1 aliphatic heterocycles. The fourth-order valence-corrected chi connectivity index (χ4v) is 3.03. The second-order valence-electron chi connectivity index (χ2n) is 6.81. The average Bonchev–Trinajstić information content (AvgIpc) is 3.34. The number of aryl methyl sites for hydroxylation is 1. The van der Waals surface area contributed by atoms with Crippen LogP contribution in [-0.4, -0.2) is 34.6 Å². The number of benzene rings is 2. The molecule has 1 unspecified atom stereocenters. The lowest BCUT2D eigenvalue weighted by Crippen LogP contribution is -2.11. The van der Waals surface area contributed by atoms with Crippen molar-refractivity contribution >= 4 is 11.6 Å². The Morgan fingerprint density at radius 3 is 2.89 bits per heavy atom. The van der Waals surface area contributed by atoms with Crippen LogP contribution in [0.15, 0.2) is 42.7 Å². The number of aromatic nitrogens is 3. The number of hydrogen-bond acceptors (Lipinski definition) is 5. The molecule has 0 saturated carbocycles. The standard InChI is InChI=1S/C20H20F2N4O2/c1-13-6-15(8-17(7-13)28-11-14-4-5-27-10-14)24-20-23-12-26(25-20)16-2-3-18(21)19(22)9-16/h2-3,6-9,12,14H,4-5,10-11H2,1H3,(H,24,25). The molecule has 0 amide bonds. The fraction of sp³-hybridized carbons (Fsp3) is 0.300. The van der Waals surface area contributed by atoms with E-state index in [9.17, 15) is 8.78 Å². The number of rotatable bonds is 6. The first kappa shape index (κ1) is 18.4. The topological polar surface area (TPSA) is 61.2 Å². The van der Waals surface area contributed by atoms with E-state index in [2.05, 4.69) is 15.4 Å². The highest BCUT2D eigenvalue weighted by Gasteiger charge is 2.16. The molecule has 1 atom stereocenters. The third-order valence-electron chi connectivity index (χ3n) is 4.48. The zero-order valence-electron chi connectivity index (χ0n) is 15.4. The Hall–Kier alpha value is -3.00. The molecule has 6 nitrogen and oxygen atoms in total. The maximum atomic E-state index is 13.4. The summed E-state index contributed by atoms with van der Waals surface area (Å²) < 4.78 is 39.2. The van der Waals surface area contributed by atoms with Crippen molar-refractivity contribution in [1.29, 1.82) is 0 Å². The predicted molar refractivity (Wildman–Crippen MR) is 100 cm³/mol. The van der Waals surface area contributed by atoms with E-state index >= 15 is 0 Å². The van der Waals surface area contributed by atoms with Gasteiger partial charge in [-0.15, -0.1) is 5.10 Å². The van der Waals surface area contributed by atoms with Crippen molar-refractivity contribution in [2.24, 2.45) is 5.92 Å². The second-order valence-corrected chi connectivity index (χ2v) is 6.81. The van der Waals surface area contributed by atoms with Gasteiger partial charge in [0.25, 0.3) is 0 Å². The van der Waals surface area contributed by atoms with E-state index in [1.165, 1.54) is 17.1 Å². The van der Waals surface area contributed by atoms with Crippen LogP contribution in [0.2, 0.25) is 0 Å². The van der Waals surface area contributed by atoms with Gasteiger partial charge in [-0.1, -0.05) is 0 Å². The Labute approximate surface area is 161 Å². The lowest BCUT2D eigenvalue weighted by Gasteiger charge is -2.12. The molecule has 0 bridgehead atoms. The Balaban J connectivity index is 1.46. The molecule has 0 aliphatic carbocycles. The number of hydrogen-bond donors (Lipinski definition) is 1. The minimum Gasteiger partial charge on any atom is -0.493 e. The maximum Gasteiger partial charge on any atom is 0.246 e. The van der Waals surface area contributed by atoms with Gasteiger partial charge in [-0.2, -0.15) is 4.98 Å². The van der Waals surface area contributed by atoms with E-state index < -0.39 is 11.6 Å². The number of nitrogens with zero attached hydrogens (tertiary/aromatic N) is 3. The van der Waals surface area contributed by atoms with Crippen LogP contribution in [0.5, 0.6) is 5.75 Å². The van der Waals surface area contributed by atoms with Gasteiger partial charge in [-0.3, -0.25) is 0 Å². The third-order valence-corrected chi connectivity index (χ3v) is 4.48. The van der Waals surface area contributed by atoms with E-state index in [4.69, 9.17) is 9.47 Å². The maximum absolute atomic E-state index is 13.4. The van der Waals surface area contributed by atoms with E-state index in [1.54, 1.807) is 0 Å². The van der Waals surface area contributed by atoms with Crippen LogP contribution in [0.25, 0.3) is 5.69 Å². The Morgan fingerprint density at radius 1 is 1.21 bits per heavy atom. The highest BCUT2D eigenvalue weighted by atomic mass is 19.2. The highest BCUT2D eigenvalue weighted by Crippen LogP contribution is 2.24. The van der Waals surface area contributed by atoms with Gasteiger partial charge in [-0.25, -0.2) is 13.5 Å². The summed E-state index contributed by atoms with van der Waals surface area (Å²) in [4.78, 5) is 4.18. The Bertz CT molecular complexity index is 971. The number of ether oxygens (including phenoxy) is 2. The zero-order valence-corrected chi connectivity index (χ0v) is 15.4. The average molecular weight is 386 g/mol. The first-order chi connectivity index (χ1) is 13.6. The van der Waals surface area contributed by atoms with Gasteiger partial charge < -0.3 is 14.8 Å². The van der Waals surface area contributed by atoms with Gasteiger partial charge in [0, 0.05) is 30.3 Å².